The van der Waals surface area contributed by atoms with Crippen LogP contribution >= 0.6 is 11.6 Å². The summed E-state index contributed by atoms with van der Waals surface area (Å²) in [6.07, 6.45) is -4.54. The van der Waals surface area contributed by atoms with Gasteiger partial charge in [-0.05, 0) is 12.1 Å². The molecule has 0 aromatic heterocycles. The molecule has 1 aromatic carbocycles. The second-order valence-electron chi connectivity index (χ2n) is 2.63. The Balaban J connectivity index is 3.30. The van der Waals surface area contributed by atoms with Crippen molar-refractivity contribution in [3.8, 4) is 0 Å². The molecule has 78 valence electrons. The molecule has 6 heteroatoms. The van der Waals surface area contributed by atoms with Crippen LogP contribution < -0.4 is 5.73 Å². The van der Waals surface area contributed by atoms with Gasteiger partial charge in [-0.25, -0.2) is 4.39 Å². The second-order valence-corrected chi connectivity index (χ2v) is 3.04. The van der Waals surface area contributed by atoms with Crippen molar-refractivity contribution in [3.63, 3.8) is 0 Å². The van der Waals surface area contributed by atoms with E-state index in [0.717, 1.165) is 0 Å². The van der Waals surface area contributed by atoms with E-state index in [-0.39, 0.29) is 12.1 Å². The molecule has 0 spiro atoms. The van der Waals surface area contributed by atoms with Gasteiger partial charge in [0.1, 0.15) is 5.82 Å². The van der Waals surface area contributed by atoms with Crippen molar-refractivity contribution >= 4 is 11.6 Å². The van der Waals surface area contributed by atoms with Crippen molar-refractivity contribution in [2.45, 2.75) is 12.7 Å². The highest BCUT2D eigenvalue weighted by atomic mass is 35.5. The summed E-state index contributed by atoms with van der Waals surface area (Å²) >= 11 is 5.27. The third-order valence-corrected chi connectivity index (χ3v) is 1.93. The average Bonchev–Trinajstić information content (AvgIpc) is 2.07. The van der Waals surface area contributed by atoms with Crippen molar-refractivity contribution < 1.29 is 17.6 Å². The third-order valence-electron chi connectivity index (χ3n) is 1.65. The second kappa shape index (κ2) is 3.74. The standard InChI is InChI=1S/C8H6ClF4N/c9-6-2-5(8(11,12)13)1-4(3-14)7(6)10/h1-2H,3,14H2. The number of rotatable bonds is 1. The van der Waals surface area contributed by atoms with E-state index in [9.17, 15) is 17.6 Å². The molecule has 0 heterocycles. The molecular weight excluding hydrogens is 222 g/mol. The van der Waals surface area contributed by atoms with Crippen molar-refractivity contribution in [1.29, 1.82) is 0 Å². The van der Waals surface area contributed by atoms with E-state index in [1.54, 1.807) is 0 Å². The minimum absolute atomic E-state index is 0.246. The van der Waals surface area contributed by atoms with Crippen LogP contribution in [0.2, 0.25) is 5.02 Å². The maximum Gasteiger partial charge on any atom is 0.416 e. The summed E-state index contributed by atoms with van der Waals surface area (Å²) in [4.78, 5) is 0. The lowest BCUT2D eigenvalue weighted by Gasteiger charge is -2.09. The summed E-state index contributed by atoms with van der Waals surface area (Å²) < 4.78 is 49.6. The van der Waals surface area contributed by atoms with Crippen LogP contribution in [-0.4, -0.2) is 0 Å². The van der Waals surface area contributed by atoms with Gasteiger partial charge in [-0.3, -0.25) is 0 Å². The predicted molar refractivity (Wildman–Crippen MR) is 44.3 cm³/mol. The molecule has 2 N–H and O–H groups in total. The molecule has 0 saturated carbocycles. The molecule has 0 atom stereocenters. The van der Waals surface area contributed by atoms with Gasteiger partial charge in [-0.1, -0.05) is 11.6 Å². The van der Waals surface area contributed by atoms with E-state index in [0.29, 0.717) is 12.1 Å². The summed E-state index contributed by atoms with van der Waals surface area (Å²) in [6.45, 7) is -0.324. The molecule has 1 nitrogen and oxygen atoms in total. The first kappa shape index (κ1) is 11.3. The molecule has 0 aliphatic carbocycles. The molecule has 0 fully saturated rings. The molecule has 0 unspecified atom stereocenters. The lowest BCUT2D eigenvalue weighted by atomic mass is 10.1. The van der Waals surface area contributed by atoms with Crippen LogP contribution in [0.3, 0.4) is 0 Å². The molecule has 1 rings (SSSR count). The van der Waals surface area contributed by atoms with Crippen LogP contribution in [0.4, 0.5) is 17.6 Å². The zero-order valence-corrected chi connectivity index (χ0v) is 7.58. The fraction of sp³-hybridized carbons (Fsp3) is 0.250. The lowest BCUT2D eigenvalue weighted by molar-refractivity contribution is -0.137. The Morgan fingerprint density at radius 1 is 1.29 bits per heavy atom. The summed E-state index contributed by atoms with van der Waals surface area (Å²) in [5.74, 6) is -0.901. The summed E-state index contributed by atoms with van der Waals surface area (Å²) in [5, 5.41) is -0.569. The van der Waals surface area contributed by atoms with Gasteiger partial charge in [0, 0.05) is 12.1 Å². The highest BCUT2D eigenvalue weighted by Crippen LogP contribution is 2.33. The average molecular weight is 228 g/mol. The van der Waals surface area contributed by atoms with E-state index in [1.165, 1.54) is 0 Å². The molecule has 0 aliphatic heterocycles. The van der Waals surface area contributed by atoms with Crippen LogP contribution in [0.15, 0.2) is 12.1 Å². The first-order chi connectivity index (χ1) is 6.36. The Morgan fingerprint density at radius 2 is 1.86 bits per heavy atom. The van der Waals surface area contributed by atoms with E-state index in [2.05, 4.69) is 0 Å². The minimum Gasteiger partial charge on any atom is -0.326 e. The molecule has 0 bridgehead atoms. The van der Waals surface area contributed by atoms with Crippen molar-refractivity contribution in [2.75, 3.05) is 0 Å². The summed E-state index contributed by atoms with van der Waals surface area (Å²) in [6, 6.07) is 1.19. The Morgan fingerprint density at radius 3 is 2.29 bits per heavy atom. The quantitative estimate of drug-likeness (QED) is 0.734. The van der Waals surface area contributed by atoms with Gasteiger partial charge >= 0.3 is 6.18 Å². The van der Waals surface area contributed by atoms with E-state index >= 15 is 0 Å². The molecule has 0 saturated heterocycles. The first-order valence-electron chi connectivity index (χ1n) is 3.61. The van der Waals surface area contributed by atoms with Gasteiger partial charge in [-0.2, -0.15) is 13.2 Å². The topological polar surface area (TPSA) is 26.0 Å². The maximum absolute atomic E-state index is 13.0. The SMILES string of the molecule is NCc1cc(C(F)(F)F)cc(Cl)c1F. The zero-order chi connectivity index (χ0) is 10.9. The smallest absolute Gasteiger partial charge is 0.326 e. The van der Waals surface area contributed by atoms with Crippen molar-refractivity contribution in [3.05, 3.63) is 34.1 Å². The summed E-state index contributed by atoms with van der Waals surface area (Å²) in [7, 11) is 0. The first-order valence-corrected chi connectivity index (χ1v) is 3.99. The fourth-order valence-corrected chi connectivity index (χ4v) is 1.20. The molecule has 1 aromatic rings. The Bertz CT molecular complexity index is 348. The number of benzene rings is 1. The highest BCUT2D eigenvalue weighted by Gasteiger charge is 2.31. The number of alkyl halides is 3. The van der Waals surface area contributed by atoms with Crippen LogP contribution in [-0.2, 0) is 12.7 Å². The Kier molecular flexibility index (Phi) is 3.01. The third kappa shape index (κ3) is 2.16. The van der Waals surface area contributed by atoms with Gasteiger partial charge in [0.05, 0.1) is 10.6 Å². The molecular formula is C8H6ClF4N. The van der Waals surface area contributed by atoms with Gasteiger partial charge in [-0.15, -0.1) is 0 Å². The monoisotopic (exact) mass is 227 g/mol. The highest BCUT2D eigenvalue weighted by molar-refractivity contribution is 6.30. The van der Waals surface area contributed by atoms with E-state index < -0.39 is 22.6 Å². The van der Waals surface area contributed by atoms with Crippen LogP contribution in [0.5, 0.6) is 0 Å². The number of hydrogen-bond donors (Lipinski definition) is 1. The molecule has 14 heavy (non-hydrogen) atoms. The molecule has 0 aliphatic rings. The van der Waals surface area contributed by atoms with Gasteiger partial charge in [0.2, 0.25) is 0 Å². The van der Waals surface area contributed by atoms with Gasteiger partial charge in [0.25, 0.3) is 0 Å². The largest absolute Gasteiger partial charge is 0.416 e. The molecule has 0 amide bonds. The van der Waals surface area contributed by atoms with Gasteiger partial charge < -0.3 is 5.73 Å². The van der Waals surface area contributed by atoms with Crippen molar-refractivity contribution in [2.24, 2.45) is 5.73 Å². The van der Waals surface area contributed by atoms with Crippen LogP contribution in [0.25, 0.3) is 0 Å². The Hall–Kier alpha value is -0.810. The molecule has 0 radical (unpaired) electrons. The van der Waals surface area contributed by atoms with Gasteiger partial charge in [0.15, 0.2) is 0 Å². The van der Waals surface area contributed by atoms with E-state index in [1.807, 2.05) is 0 Å². The number of hydrogen-bond acceptors (Lipinski definition) is 1. The fourth-order valence-electron chi connectivity index (χ4n) is 0.958. The number of halogens is 5. The van der Waals surface area contributed by atoms with Crippen LogP contribution in [0.1, 0.15) is 11.1 Å². The minimum atomic E-state index is -4.54. The van der Waals surface area contributed by atoms with Crippen molar-refractivity contribution in [1.82, 2.24) is 0 Å². The summed E-state index contributed by atoms with van der Waals surface area (Å²) in [5.41, 5.74) is 3.82. The lowest BCUT2D eigenvalue weighted by Crippen LogP contribution is -2.09. The number of nitrogens with two attached hydrogens (primary N) is 1. The predicted octanol–water partition coefficient (Wildman–Crippen LogP) is 2.96. The van der Waals surface area contributed by atoms with Crippen LogP contribution in [0, 0.1) is 5.82 Å². The zero-order valence-electron chi connectivity index (χ0n) is 6.83. The Labute approximate surface area is 82.5 Å². The van der Waals surface area contributed by atoms with E-state index in [4.69, 9.17) is 17.3 Å². The normalized spacial score (nSPS) is 11.9. The maximum atomic E-state index is 13.0.